The number of carbonyl (C=O) groups is 1. The minimum atomic E-state index is -3.81. The number of aliphatic hydroxyl groups is 1. The molecule has 1 unspecified atom stereocenters. The Bertz CT molecular complexity index is 1260. The van der Waals surface area contributed by atoms with Crippen molar-refractivity contribution in [2.24, 2.45) is 11.1 Å². The number of nitrogens with two attached hydrogens (primary N) is 1. The number of halogens is 3. The van der Waals surface area contributed by atoms with Crippen molar-refractivity contribution in [2.75, 3.05) is 32.8 Å². The van der Waals surface area contributed by atoms with Crippen molar-refractivity contribution in [3.63, 3.8) is 0 Å². The molecule has 1 atom stereocenters. The zero-order chi connectivity index (χ0) is 26.8. The van der Waals surface area contributed by atoms with Crippen molar-refractivity contribution >= 4 is 28.5 Å². The van der Waals surface area contributed by atoms with E-state index in [2.05, 4.69) is 24.5 Å². The van der Waals surface area contributed by atoms with Gasteiger partial charge in [-0.1, -0.05) is 31.5 Å². The van der Waals surface area contributed by atoms with Crippen LogP contribution >= 0.6 is 11.6 Å². The first-order valence-corrected chi connectivity index (χ1v) is 12.5. The predicted octanol–water partition coefficient (Wildman–Crippen LogP) is 5.28. The fourth-order valence-corrected chi connectivity index (χ4v) is 4.62. The smallest absolute Gasteiger partial charge is 0.380 e. The molecule has 0 radical (unpaired) electrons. The second-order valence-corrected chi connectivity index (χ2v) is 10.6. The van der Waals surface area contributed by atoms with Crippen LogP contribution in [0.1, 0.15) is 44.1 Å². The Morgan fingerprint density at radius 1 is 1.16 bits per heavy atom. The molecule has 0 spiro atoms. The van der Waals surface area contributed by atoms with Crippen molar-refractivity contribution in [3.8, 4) is 11.5 Å². The molecule has 7 nitrogen and oxygen atoms in total. The standard InChI is InChI=1S/C17H25NO3.C10H6ClF2NO2/c1-17(2)6-8-18(12-17)7-5-14(19)13-3-4-15-16(11-13)21-10-9-20-15;11-6-1-2-7-5(3-6)4-8(16-7)10(12,13)9(14)15/h3-4,11,14,19H,5-10,12H2,1-2H3;1-4H,(H2,14,15). The number of likely N-dealkylation sites (tertiary alicyclic amines) is 1. The fourth-order valence-electron chi connectivity index (χ4n) is 4.44. The summed E-state index contributed by atoms with van der Waals surface area (Å²) in [5.41, 5.74) is 6.13. The van der Waals surface area contributed by atoms with Crippen LogP contribution < -0.4 is 15.2 Å². The van der Waals surface area contributed by atoms with Crippen LogP contribution in [0.4, 0.5) is 8.78 Å². The van der Waals surface area contributed by atoms with E-state index in [1.807, 2.05) is 18.2 Å². The number of ether oxygens (including phenoxy) is 2. The topological polar surface area (TPSA) is 98.2 Å². The summed E-state index contributed by atoms with van der Waals surface area (Å²) in [6, 6.07) is 11.2. The van der Waals surface area contributed by atoms with Gasteiger partial charge in [-0.05, 0) is 66.8 Å². The lowest BCUT2D eigenvalue weighted by molar-refractivity contribution is -0.145. The van der Waals surface area contributed by atoms with Gasteiger partial charge in [0.1, 0.15) is 18.8 Å². The molecule has 1 fully saturated rings. The third-order valence-electron chi connectivity index (χ3n) is 6.52. The Balaban J connectivity index is 0.000000180. The van der Waals surface area contributed by atoms with E-state index in [1.165, 1.54) is 24.6 Å². The number of fused-ring (bicyclic) bond motifs is 2. The van der Waals surface area contributed by atoms with Crippen molar-refractivity contribution in [1.82, 2.24) is 4.90 Å². The second kappa shape index (κ2) is 10.8. The molecule has 1 aromatic heterocycles. The molecule has 2 aliphatic rings. The van der Waals surface area contributed by atoms with Crippen LogP contribution in [0, 0.1) is 5.41 Å². The van der Waals surface area contributed by atoms with E-state index < -0.39 is 23.7 Å². The molecule has 0 saturated carbocycles. The van der Waals surface area contributed by atoms with E-state index in [-0.39, 0.29) is 5.58 Å². The van der Waals surface area contributed by atoms with Gasteiger partial charge in [0.2, 0.25) is 0 Å². The van der Waals surface area contributed by atoms with Crippen molar-refractivity contribution in [3.05, 3.63) is 58.8 Å². The third-order valence-corrected chi connectivity index (χ3v) is 6.76. The van der Waals surface area contributed by atoms with Gasteiger partial charge in [-0.15, -0.1) is 0 Å². The van der Waals surface area contributed by atoms with Crippen molar-refractivity contribution in [1.29, 1.82) is 0 Å². The molecule has 0 bridgehead atoms. The quantitative estimate of drug-likeness (QED) is 0.445. The monoisotopic (exact) mass is 536 g/mol. The summed E-state index contributed by atoms with van der Waals surface area (Å²) in [5, 5.41) is 11.2. The second-order valence-electron chi connectivity index (χ2n) is 10.1. The lowest BCUT2D eigenvalue weighted by Crippen LogP contribution is -2.32. The molecule has 10 heteroatoms. The Labute approximate surface area is 219 Å². The Morgan fingerprint density at radius 3 is 2.57 bits per heavy atom. The normalized spacial score (nSPS) is 17.8. The number of rotatable bonds is 6. The summed E-state index contributed by atoms with van der Waals surface area (Å²) < 4.78 is 42.4. The number of primary amides is 1. The molecule has 37 heavy (non-hydrogen) atoms. The van der Waals surface area contributed by atoms with E-state index in [9.17, 15) is 18.7 Å². The van der Waals surface area contributed by atoms with Gasteiger partial charge in [0.25, 0.3) is 5.91 Å². The third kappa shape index (κ3) is 6.52. The van der Waals surface area contributed by atoms with Gasteiger partial charge in [-0.3, -0.25) is 4.79 Å². The minimum absolute atomic E-state index is 0.223. The molecule has 3 heterocycles. The molecule has 3 N–H and O–H groups in total. The van der Waals surface area contributed by atoms with Crippen LogP contribution in [0.2, 0.25) is 5.02 Å². The zero-order valence-electron chi connectivity index (χ0n) is 20.8. The van der Waals surface area contributed by atoms with Gasteiger partial charge < -0.3 is 29.6 Å². The zero-order valence-corrected chi connectivity index (χ0v) is 21.6. The molecule has 1 amide bonds. The summed E-state index contributed by atoms with van der Waals surface area (Å²) in [4.78, 5) is 13.0. The number of furan rings is 1. The first kappa shape index (κ1) is 27.2. The number of hydrogen-bond acceptors (Lipinski definition) is 6. The van der Waals surface area contributed by atoms with Crippen LogP contribution in [0.25, 0.3) is 11.0 Å². The highest BCUT2D eigenvalue weighted by atomic mass is 35.5. The van der Waals surface area contributed by atoms with E-state index in [0.29, 0.717) is 29.0 Å². The maximum atomic E-state index is 13.2. The maximum absolute atomic E-state index is 13.2. The molecule has 2 aliphatic heterocycles. The van der Waals surface area contributed by atoms with Crippen LogP contribution in [0.5, 0.6) is 11.5 Å². The Kier molecular flexibility index (Phi) is 7.96. The number of hydrogen-bond donors (Lipinski definition) is 2. The molecule has 3 aromatic rings. The number of benzene rings is 2. The molecule has 0 aliphatic carbocycles. The van der Waals surface area contributed by atoms with E-state index in [4.69, 9.17) is 25.5 Å². The highest BCUT2D eigenvalue weighted by molar-refractivity contribution is 6.31. The average Bonchev–Trinajstić information content (AvgIpc) is 3.45. The number of aliphatic hydroxyl groups excluding tert-OH is 1. The van der Waals surface area contributed by atoms with Gasteiger partial charge in [0.05, 0.1) is 6.10 Å². The van der Waals surface area contributed by atoms with Crippen molar-refractivity contribution in [2.45, 2.75) is 38.7 Å². The van der Waals surface area contributed by atoms with Crippen LogP contribution in [-0.4, -0.2) is 48.8 Å². The lowest BCUT2D eigenvalue weighted by Gasteiger charge is -2.22. The van der Waals surface area contributed by atoms with Gasteiger partial charge in [0.15, 0.2) is 17.3 Å². The minimum Gasteiger partial charge on any atom is -0.486 e. The largest absolute Gasteiger partial charge is 0.486 e. The summed E-state index contributed by atoms with van der Waals surface area (Å²) in [6.07, 6.45) is 1.56. The summed E-state index contributed by atoms with van der Waals surface area (Å²) in [6.45, 7) is 9.00. The van der Waals surface area contributed by atoms with Crippen LogP contribution in [0.15, 0.2) is 46.9 Å². The van der Waals surface area contributed by atoms with E-state index in [1.54, 1.807) is 0 Å². The molecule has 2 aromatic carbocycles. The first-order valence-electron chi connectivity index (χ1n) is 12.1. The molecule has 5 rings (SSSR count). The lowest BCUT2D eigenvalue weighted by atomic mass is 9.93. The summed E-state index contributed by atoms with van der Waals surface area (Å²) in [7, 11) is 0. The van der Waals surface area contributed by atoms with Gasteiger partial charge >= 0.3 is 5.92 Å². The molecule has 200 valence electrons. The Morgan fingerprint density at radius 2 is 1.89 bits per heavy atom. The Hall–Kier alpha value is -2.88. The molecular weight excluding hydrogens is 506 g/mol. The highest BCUT2D eigenvalue weighted by Crippen LogP contribution is 2.35. The van der Waals surface area contributed by atoms with Gasteiger partial charge in [-0.25, -0.2) is 0 Å². The summed E-state index contributed by atoms with van der Waals surface area (Å²) in [5.74, 6) is -4.82. The predicted molar refractivity (Wildman–Crippen MR) is 136 cm³/mol. The average molecular weight is 537 g/mol. The van der Waals surface area contributed by atoms with E-state index in [0.717, 1.165) is 49.2 Å². The van der Waals surface area contributed by atoms with Gasteiger partial charge in [-0.2, -0.15) is 8.78 Å². The van der Waals surface area contributed by atoms with Crippen LogP contribution in [0.3, 0.4) is 0 Å². The first-order chi connectivity index (χ1) is 17.4. The maximum Gasteiger partial charge on any atom is 0.380 e. The van der Waals surface area contributed by atoms with Crippen LogP contribution in [-0.2, 0) is 10.7 Å². The number of alkyl halides is 2. The summed E-state index contributed by atoms with van der Waals surface area (Å²) >= 11 is 5.68. The SMILES string of the molecule is CC1(C)CCN(CCC(O)c2ccc3c(c2)OCCO3)C1.NC(=O)C(F)(F)c1cc2cc(Cl)ccc2o1. The van der Waals surface area contributed by atoms with Gasteiger partial charge in [0, 0.05) is 23.5 Å². The number of carbonyl (C=O) groups excluding carboxylic acids is 1. The number of amides is 1. The highest BCUT2D eigenvalue weighted by Gasteiger charge is 2.42. The number of nitrogens with zero attached hydrogens (tertiary/aromatic N) is 1. The fraction of sp³-hybridized carbons (Fsp3) is 0.444. The van der Waals surface area contributed by atoms with E-state index >= 15 is 0 Å². The molecular formula is C27H31ClF2N2O5. The van der Waals surface area contributed by atoms with Crippen molar-refractivity contribution < 1.29 is 32.6 Å². The molecule has 1 saturated heterocycles.